The highest BCUT2D eigenvalue weighted by molar-refractivity contribution is 6.05. The van der Waals surface area contributed by atoms with E-state index in [0.29, 0.717) is 5.95 Å². The summed E-state index contributed by atoms with van der Waals surface area (Å²) in [6.45, 7) is 4.98. The van der Waals surface area contributed by atoms with Gasteiger partial charge in [-0.25, -0.2) is 4.98 Å². The Labute approximate surface area is 99.1 Å². The predicted octanol–water partition coefficient (Wildman–Crippen LogP) is 2.50. The summed E-state index contributed by atoms with van der Waals surface area (Å²) >= 11 is 0. The highest BCUT2D eigenvalue weighted by atomic mass is 15.1. The van der Waals surface area contributed by atoms with E-state index < -0.39 is 0 Å². The third-order valence-corrected chi connectivity index (χ3v) is 3.13. The van der Waals surface area contributed by atoms with Crippen LogP contribution in [0.25, 0.3) is 21.9 Å². The Morgan fingerprint density at radius 3 is 3.00 bits per heavy atom. The number of nitrogens with two attached hydrogens (primary N) is 1. The Kier molecular flexibility index (Phi) is 2.04. The monoisotopic (exact) mass is 226 g/mol. The maximum Gasteiger partial charge on any atom is 0.201 e. The molecule has 0 aliphatic carbocycles. The third-order valence-electron chi connectivity index (χ3n) is 3.13. The number of hydrogen-bond acceptors (Lipinski definition) is 3. The molecule has 0 saturated carbocycles. The Hall–Kier alpha value is -2.10. The van der Waals surface area contributed by atoms with Crippen molar-refractivity contribution in [1.29, 1.82) is 0 Å². The van der Waals surface area contributed by atoms with Gasteiger partial charge in [0.1, 0.15) is 5.52 Å². The summed E-state index contributed by atoms with van der Waals surface area (Å²) in [5.74, 6) is 0.571. The number of benzene rings is 1. The fourth-order valence-electron chi connectivity index (χ4n) is 2.38. The van der Waals surface area contributed by atoms with Crippen molar-refractivity contribution in [1.82, 2.24) is 14.5 Å². The van der Waals surface area contributed by atoms with E-state index in [1.807, 2.05) is 16.7 Å². The number of imidazole rings is 1. The van der Waals surface area contributed by atoms with Gasteiger partial charge in [-0.1, -0.05) is 0 Å². The second kappa shape index (κ2) is 3.45. The van der Waals surface area contributed by atoms with Gasteiger partial charge in [0, 0.05) is 18.1 Å². The van der Waals surface area contributed by atoms with Crippen molar-refractivity contribution in [3.05, 3.63) is 30.0 Å². The first-order chi connectivity index (χ1) is 8.22. The number of anilines is 1. The molecule has 0 unspecified atom stereocenters. The van der Waals surface area contributed by atoms with E-state index in [-0.39, 0.29) is 0 Å². The van der Waals surface area contributed by atoms with E-state index in [9.17, 15) is 0 Å². The zero-order valence-corrected chi connectivity index (χ0v) is 9.94. The van der Waals surface area contributed by atoms with Crippen molar-refractivity contribution in [3.63, 3.8) is 0 Å². The second-order valence-corrected chi connectivity index (χ2v) is 4.18. The average molecular weight is 226 g/mol. The smallest absolute Gasteiger partial charge is 0.201 e. The third kappa shape index (κ3) is 1.30. The number of rotatable bonds is 1. The molecule has 0 aliphatic heterocycles. The molecule has 0 atom stereocenters. The molecule has 4 heteroatoms. The largest absolute Gasteiger partial charge is 0.369 e. The van der Waals surface area contributed by atoms with Crippen LogP contribution in [0.3, 0.4) is 0 Å². The Bertz CT molecular complexity index is 712. The number of pyridine rings is 1. The van der Waals surface area contributed by atoms with E-state index in [4.69, 9.17) is 5.73 Å². The lowest BCUT2D eigenvalue weighted by Gasteiger charge is -2.05. The van der Waals surface area contributed by atoms with Crippen LogP contribution >= 0.6 is 0 Å². The molecule has 0 amide bonds. The van der Waals surface area contributed by atoms with Crippen molar-refractivity contribution >= 4 is 27.9 Å². The van der Waals surface area contributed by atoms with E-state index in [1.54, 1.807) is 6.20 Å². The number of aromatic nitrogens is 3. The zero-order chi connectivity index (χ0) is 12.0. The number of fused-ring (bicyclic) bond motifs is 3. The fourth-order valence-corrected chi connectivity index (χ4v) is 2.38. The number of hydrogen-bond donors (Lipinski definition) is 1. The van der Waals surface area contributed by atoms with Crippen molar-refractivity contribution in [2.45, 2.75) is 20.4 Å². The Morgan fingerprint density at radius 1 is 1.41 bits per heavy atom. The molecule has 17 heavy (non-hydrogen) atoms. The van der Waals surface area contributed by atoms with Crippen molar-refractivity contribution in [3.8, 4) is 0 Å². The highest BCUT2D eigenvalue weighted by Crippen LogP contribution is 2.28. The lowest BCUT2D eigenvalue weighted by atomic mass is 10.1. The summed E-state index contributed by atoms with van der Waals surface area (Å²) in [5, 5.41) is 1.06. The van der Waals surface area contributed by atoms with Crippen LogP contribution in [-0.4, -0.2) is 14.5 Å². The van der Waals surface area contributed by atoms with Crippen LogP contribution in [0.1, 0.15) is 12.5 Å². The maximum atomic E-state index is 5.96. The molecule has 2 N–H and O–H groups in total. The Morgan fingerprint density at radius 2 is 2.24 bits per heavy atom. The van der Waals surface area contributed by atoms with Crippen LogP contribution in [0.4, 0.5) is 5.95 Å². The molecule has 2 heterocycles. The molecule has 0 fully saturated rings. The van der Waals surface area contributed by atoms with E-state index in [2.05, 4.69) is 29.9 Å². The Balaban J connectivity index is 2.58. The van der Waals surface area contributed by atoms with Gasteiger partial charge < -0.3 is 10.3 Å². The van der Waals surface area contributed by atoms with Crippen molar-refractivity contribution in [2.75, 3.05) is 5.73 Å². The molecule has 0 spiro atoms. The summed E-state index contributed by atoms with van der Waals surface area (Å²) < 4.78 is 2.04. The number of nitrogen functional groups attached to an aromatic ring is 1. The predicted molar refractivity (Wildman–Crippen MR) is 69.9 cm³/mol. The summed E-state index contributed by atoms with van der Waals surface area (Å²) in [7, 11) is 0. The SMILES string of the molecule is CCn1c(N)nc2c3cccnc3cc(C)c21. The molecule has 0 aliphatic rings. The maximum absolute atomic E-state index is 5.96. The van der Waals surface area contributed by atoms with Gasteiger partial charge in [-0.05, 0) is 37.6 Å². The van der Waals surface area contributed by atoms with Gasteiger partial charge in [0.2, 0.25) is 5.95 Å². The molecule has 3 rings (SSSR count). The molecule has 1 aromatic carbocycles. The summed E-state index contributed by atoms with van der Waals surface area (Å²) in [6, 6.07) is 6.06. The quantitative estimate of drug-likeness (QED) is 0.693. The van der Waals surface area contributed by atoms with Gasteiger partial charge in [0.15, 0.2) is 0 Å². The lowest BCUT2D eigenvalue weighted by molar-refractivity contribution is 0.798. The average Bonchev–Trinajstić information content (AvgIpc) is 2.66. The molecule has 0 saturated heterocycles. The molecule has 4 nitrogen and oxygen atoms in total. The normalized spacial score (nSPS) is 11.4. The van der Waals surface area contributed by atoms with Crippen LogP contribution in [0, 0.1) is 6.92 Å². The highest BCUT2D eigenvalue weighted by Gasteiger charge is 2.12. The van der Waals surface area contributed by atoms with Crippen LogP contribution in [0.15, 0.2) is 24.4 Å². The molecular formula is C13H14N4. The zero-order valence-electron chi connectivity index (χ0n) is 9.94. The van der Waals surface area contributed by atoms with Crippen LogP contribution in [0.2, 0.25) is 0 Å². The second-order valence-electron chi connectivity index (χ2n) is 4.18. The number of nitrogens with zero attached hydrogens (tertiary/aromatic N) is 3. The van der Waals surface area contributed by atoms with E-state index >= 15 is 0 Å². The van der Waals surface area contributed by atoms with E-state index in [1.165, 1.54) is 0 Å². The van der Waals surface area contributed by atoms with Crippen LogP contribution in [-0.2, 0) is 6.54 Å². The van der Waals surface area contributed by atoms with Gasteiger partial charge in [-0.3, -0.25) is 4.98 Å². The van der Waals surface area contributed by atoms with Crippen LogP contribution < -0.4 is 5.73 Å². The summed E-state index contributed by atoms with van der Waals surface area (Å²) in [6.07, 6.45) is 1.80. The van der Waals surface area contributed by atoms with Gasteiger partial charge in [0.25, 0.3) is 0 Å². The minimum Gasteiger partial charge on any atom is -0.369 e. The van der Waals surface area contributed by atoms with Gasteiger partial charge in [0.05, 0.1) is 11.0 Å². The summed E-state index contributed by atoms with van der Waals surface area (Å²) in [4.78, 5) is 8.84. The molecular weight excluding hydrogens is 212 g/mol. The van der Waals surface area contributed by atoms with Gasteiger partial charge >= 0.3 is 0 Å². The van der Waals surface area contributed by atoms with Crippen molar-refractivity contribution < 1.29 is 0 Å². The molecule has 86 valence electrons. The summed E-state index contributed by atoms with van der Waals surface area (Å²) in [5.41, 5.74) is 10.2. The first kappa shape index (κ1) is 10.1. The molecule has 2 aromatic heterocycles. The first-order valence-corrected chi connectivity index (χ1v) is 5.72. The number of aryl methyl sites for hydroxylation is 2. The van der Waals surface area contributed by atoms with Crippen molar-refractivity contribution in [2.24, 2.45) is 0 Å². The lowest BCUT2D eigenvalue weighted by Crippen LogP contribution is -2.01. The first-order valence-electron chi connectivity index (χ1n) is 5.72. The molecule has 0 bridgehead atoms. The van der Waals surface area contributed by atoms with E-state index in [0.717, 1.165) is 34.0 Å². The minimum absolute atomic E-state index is 0.571. The van der Waals surface area contributed by atoms with Gasteiger partial charge in [-0.15, -0.1) is 0 Å². The van der Waals surface area contributed by atoms with Crippen LogP contribution in [0.5, 0.6) is 0 Å². The minimum atomic E-state index is 0.571. The van der Waals surface area contributed by atoms with Gasteiger partial charge in [-0.2, -0.15) is 0 Å². The topological polar surface area (TPSA) is 56.7 Å². The molecule has 0 radical (unpaired) electrons. The fraction of sp³-hybridized carbons (Fsp3) is 0.231. The molecule has 3 aromatic rings. The standard InChI is InChI=1S/C13H14N4/c1-3-17-12-8(2)7-10-9(5-4-6-15-10)11(12)16-13(17)14/h4-7H,3H2,1-2H3,(H2,14,16).